The molecular formula is C12H19NO2. The topological polar surface area (TPSA) is 55.5 Å². The largest absolute Gasteiger partial charge is 0.496 e. The molecule has 0 spiro atoms. The van der Waals surface area contributed by atoms with Gasteiger partial charge in [0.1, 0.15) is 5.75 Å². The van der Waals surface area contributed by atoms with Crippen molar-refractivity contribution in [3.63, 3.8) is 0 Å². The number of methoxy groups -OCH3 is 1. The highest BCUT2D eigenvalue weighted by Gasteiger charge is 2.12. The van der Waals surface area contributed by atoms with E-state index in [1.165, 1.54) is 5.56 Å². The number of benzene rings is 1. The maximum Gasteiger partial charge on any atom is 0.123 e. The maximum atomic E-state index is 9.06. The van der Waals surface area contributed by atoms with Gasteiger partial charge < -0.3 is 15.6 Å². The third-order valence-corrected chi connectivity index (χ3v) is 2.52. The predicted molar refractivity (Wildman–Crippen MR) is 61.1 cm³/mol. The predicted octanol–water partition coefficient (Wildman–Crippen LogP) is 1.81. The van der Waals surface area contributed by atoms with Gasteiger partial charge in [0.15, 0.2) is 0 Å². The van der Waals surface area contributed by atoms with E-state index in [1.807, 2.05) is 18.2 Å². The van der Waals surface area contributed by atoms with E-state index < -0.39 is 0 Å². The van der Waals surface area contributed by atoms with Crippen LogP contribution < -0.4 is 10.5 Å². The molecule has 3 nitrogen and oxygen atoms in total. The molecule has 1 rings (SSSR count). The van der Waals surface area contributed by atoms with Gasteiger partial charge in [0.25, 0.3) is 0 Å². The fraction of sp³-hybridized carbons (Fsp3) is 0.500. The Balaban J connectivity index is 3.13. The highest BCUT2D eigenvalue weighted by atomic mass is 16.5. The maximum absolute atomic E-state index is 9.06. The lowest BCUT2D eigenvalue weighted by molar-refractivity contribution is 0.264. The third kappa shape index (κ3) is 2.70. The monoisotopic (exact) mass is 209 g/mol. The Kier molecular flexibility index (Phi) is 4.12. The van der Waals surface area contributed by atoms with Crippen LogP contribution in [0.2, 0.25) is 0 Å². The number of rotatable bonds is 4. The zero-order chi connectivity index (χ0) is 11.4. The summed E-state index contributed by atoms with van der Waals surface area (Å²) in [6.45, 7) is 4.17. The van der Waals surface area contributed by atoms with E-state index in [0.717, 1.165) is 11.3 Å². The molecule has 0 fully saturated rings. The zero-order valence-corrected chi connectivity index (χ0v) is 9.53. The van der Waals surface area contributed by atoms with Gasteiger partial charge in [0.05, 0.1) is 19.8 Å². The molecule has 0 amide bonds. The number of hydrogen-bond acceptors (Lipinski definition) is 3. The average Bonchev–Trinajstić information content (AvgIpc) is 2.27. The Morgan fingerprint density at radius 2 is 2.07 bits per heavy atom. The van der Waals surface area contributed by atoms with Gasteiger partial charge in [-0.2, -0.15) is 0 Å². The van der Waals surface area contributed by atoms with Gasteiger partial charge in [-0.15, -0.1) is 0 Å². The van der Waals surface area contributed by atoms with Crippen molar-refractivity contribution in [3.05, 3.63) is 29.3 Å². The molecule has 0 saturated heterocycles. The summed E-state index contributed by atoms with van der Waals surface area (Å²) in [6, 6.07) is 5.56. The molecule has 0 bridgehead atoms. The summed E-state index contributed by atoms with van der Waals surface area (Å²) in [7, 11) is 1.61. The standard InChI is InChI=1S/C12H19NO2/c1-8(2)9-4-5-12(15-3)10(6-9)11(13)7-14/h4-6,8,11,14H,7,13H2,1-3H3/t11-/m0/s1. The van der Waals surface area contributed by atoms with Crippen LogP contribution in [-0.4, -0.2) is 18.8 Å². The first-order chi connectivity index (χ1) is 7.10. The lowest BCUT2D eigenvalue weighted by Gasteiger charge is -2.16. The fourth-order valence-corrected chi connectivity index (χ4v) is 1.50. The summed E-state index contributed by atoms with van der Waals surface area (Å²) >= 11 is 0. The second kappa shape index (κ2) is 5.14. The van der Waals surface area contributed by atoms with Crippen molar-refractivity contribution in [3.8, 4) is 5.75 Å². The van der Waals surface area contributed by atoms with E-state index in [2.05, 4.69) is 13.8 Å². The minimum Gasteiger partial charge on any atom is -0.496 e. The molecule has 0 aliphatic rings. The zero-order valence-electron chi connectivity index (χ0n) is 9.53. The van der Waals surface area contributed by atoms with Gasteiger partial charge in [-0.3, -0.25) is 0 Å². The van der Waals surface area contributed by atoms with Crippen LogP contribution in [0.1, 0.15) is 36.9 Å². The molecule has 1 aromatic rings. The molecule has 3 N–H and O–H groups in total. The van der Waals surface area contributed by atoms with Crippen LogP contribution in [0.25, 0.3) is 0 Å². The molecule has 1 atom stereocenters. The van der Waals surface area contributed by atoms with Crippen molar-refractivity contribution >= 4 is 0 Å². The highest BCUT2D eigenvalue weighted by molar-refractivity contribution is 5.40. The van der Waals surface area contributed by atoms with Crippen molar-refractivity contribution in [2.45, 2.75) is 25.8 Å². The molecular weight excluding hydrogens is 190 g/mol. The first-order valence-corrected chi connectivity index (χ1v) is 5.14. The molecule has 0 radical (unpaired) electrons. The molecule has 0 aliphatic heterocycles. The quantitative estimate of drug-likeness (QED) is 0.795. The Hall–Kier alpha value is -1.06. The van der Waals surface area contributed by atoms with Crippen LogP contribution in [0.3, 0.4) is 0 Å². The molecule has 0 aliphatic carbocycles. The van der Waals surface area contributed by atoms with Gasteiger partial charge in [-0.25, -0.2) is 0 Å². The van der Waals surface area contributed by atoms with Crippen LogP contribution >= 0.6 is 0 Å². The molecule has 1 aromatic carbocycles. The fourth-order valence-electron chi connectivity index (χ4n) is 1.50. The Morgan fingerprint density at radius 1 is 1.40 bits per heavy atom. The molecule has 0 aromatic heterocycles. The minimum atomic E-state index is -0.376. The summed E-state index contributed by atoms with van der Waals surface area (Å²) in [4.78, 5) is 0. The summed E-state index contributed by atoms with van der Waals surface area (Å²) in [5, 5.41) is 9.06. The van der Waals surface area contributed by atoms with E-state index >= 15 is 0 Å². The number of nitrogens with two attached hydrogens (primary N) is 1. The van der Waals surface area contributed by atoms with Crippen molar-refractivity contribution in [2.24, 2.45) is 5.73 Å². The van der Waals surface area contributed by atoms with Gasteiger partial charge in [-0.1, -0.05) is 26.0 Å². The van der Waals surface area contributed by atoms with E-state index in [0.29, 0.717) is 5.92 Å². The Morgan fingerprint density at radius 3 is 2.53 bits per heavy atom. The van der Waals surface area contributed by atoms with Crippen LogP contribution in [0.5, 0.6) is 5.75 Å². The van der Waals surface area contributed by atoms with E-state index in [-0.39, 0.29) is 12.6 Å². The van der Waals surface area contributed by atoms with E-state index in [9.17, 15) is 0 Å². The van der Waals surface area contributed by atoms with E-state index in [1.54, 1.807) is 7.11 Å². The first-order valence-electron chi connectivity index (χ1n) is 5.14. The molecule has 84 valence electrons. The van der Waals surface area contributed by atoms with Gasteiger partial charge in [0, 0.05) is 5.56 Å². The van der Waals surface area contributed by atoms with Gasteiger partial charge in [-0.05, 0) is 17.5 Å². The Labute approximate surface area is 90.9 Å². The summed E-state index contributed by atoms with van der Waals surface area (Å²) in [6.07, 6.45) is 0. The van der Waals surface area contributed by atoms with Crippen molar-refractivity contribution in [1.29, 1.82) is 0 Å². The number of aliphatic hydroxyl groups is 1. The number of ether oxygens (including phenoxy) is 1. The second-order valence-electron chi connectivity index (χ2n) is 3.95. The molecule has 3 heteroatoms. The normalized spacial score (nSPS) is 12.9. The molecule has 15 heavy (non-hydrogen) atoms. The Bertz CT molecular complexity index is 323. The van der Waals surface area contributed by atoms with Crippen molar-refractivity contribution in [1.82, 2.24) is 0 Å². The lowest BCUT2D eigenvalue weighted by atomic mass is 9.97. The molecule has 0 saturated carbocycles. The smallest absolute Gasteiger partial charge is 0.123 e. The van der Waals surface area contributed by atoms with Crippen LogP contribution in [0.15, 0.2) is 18.2 Å². The minimum absolute atomic E-state index is 0.0715. The van der Waals surface area contributed by atoms with Gasteiger partial charge in [0.2, 0.25) is 0 Å². The van der Waals surface area contributed by atoms with Crippen molar-refractivity contribution < 1.29 is 9.84 Å². The van der Waals surface area contributed by atoms with Crippen LogP contribution in [-0.2, 0) is 0 Å². The number of hydrogen-bond donors (Lipinski definition) is 2. The summed E-state index contributed by atoms with van der Waals surface area (Å²) in [5.41, 5.74) is 7.88. The van der Waals surface area contributed by atoms with Crippen molar-refractivity contribution in [2.75, 3.05) is 13.7 Å². The highest BCUT2D eigenvalue weighted by Crippen LogP contribution is 2.27. The van der Waals surface area contributed by atoms with Crippen LogP contribution in [0, 0.1) is 0 Å². The summed E-state index contributed by atoms with van der Waals surface area (Å²) < 4.78 is 5.21. The van der Waals surface area contributed by atoms with Crippen LogP contribution in [0.4, 0.5) is 0 Å². The second-order valence-corrected chi connectivity index (χ2v) is 3.95. The third-order valence-electron chi connectivity index (χ3n) is 2.52. The first kappa shape index (κ1) is 12.0. The molecule has 0 unspecified atom stereocenters. The van der Waals surface area contributed by atoms with E-state index in [4.69, 9.17) is 15.6 Å². The van der Waals surface area contributed by atoms with Gasteiger partial charge >= 0.3 is 0 Å². The number of aliphatic hydroxyl groups excluding tert-OH is 1. The summed E-state index contributed by atoms with van der Waals surface area (Å²) in [5.74, 6) is 1.18. The molecule has 0 heterocycles. The SMILES string of the molecule is COc1ccc(C(C)C)cc1[C@@H](N)CO. The lowest BCUT2D eigenvalue weighted by Crippen LogP contribution is -2.16. The average molecular weight is 209 g/mol.